The van der Waals surface area contributed by atoms with Crippen LogP contribution in [0, 0.1) is 5.92 Å². The molecule has 1 N–H and O–H groups in total. The van der Waals surface area contributed by atoms with Crippen LogP contribution in [0.3, 0.4) is 0 Å². The summed E-state index contributed by atoms with van der Waals surface area (Å²) in [5.41, 5.74) is 5.02. The van der Waals surface area contributed by atoms with Crippen molar-refractivity contribution in [2.45, 2.75) is 39.7 Å². The van der Waals surface area contributed by atoms with Gasteiger partial charge in [0.05, 0.1) is 22.9 Å². The standard InChI is InChI=1S/C27H35N5O3/c1-4-21-14-24-25(30-27(21)34)13-20(15-28-24)17-31-9-11-32(12-10-31)22-6-7-23(29-16-22)26(33)8-5-19(2)18-35-3/h6-7,13-16,19H,4-5,8-12,17-18H2,1-3H3,(H,30,34)/t19-/m0/s1. The number of piperazine rings is 1. The van der Waals surface area contributed by atoms with Gasteiger partial charge in [-0.25, -0.2) is 0 Å². The van der Waals surface area contributed by atoms with E-state index in [1.54, 1.807) is 7.11 Å². The Morgan fingerprint density at radius 2 is 1.94 bits per heavy atom. The maximum atomic E-state index is 12.4. The SMILES string of the molecule is CCc1cc2ncc(CN3CCN(c4ccc(C(=O)CC[C@H](C)COC)nc4)CC3)cc2[nH]c1=O. The third-order valence-corrected chi connectivity index (χ3v) is 6.70. The zero-order chi connectivity index (χ0) is 24.8. The van der Waals surface area contributed by atoms with Gasteiger partial charge in [-0.3, -0.25) is 24.5 Å². The maximum Gasteiger partial charge on any atom is 0.251 e. The average Bonchev–Trinajstić information content (AvgIpc) is 2.87. The lowest BCUT2D eigenvalue weighted by Gasteiger charge is -2.36. The second kappa shape index (κ2) is 11.6. The molecule has 4 rings (SSSR count). The number of aryl methyl sites for hydroxylation is 1. The smallest absolute Gasteiger partial charge is 0.251 e. The molecule has 1 aliphatic rings. The van der Waals surface area contributed by atoms with Crippen LogP contribution in [0.5, 0.6) is 0 Å². The van der Waals surface area contributed by atoms with E-state index in [0.29, 0.717) is 31.1 Å². The third kappa shape index (κ3) is 6.32. The number of fused-ring (bicyclic) bond motifs is 1. The molecule has 0 aliphatic carbocycles. The van der Waals surface area contributed by atoms with E-state index in [-0.39, 0.29) is 11.3 Å². The molecule has 1 aliphatic heterocycles. The first-order valence-electron chi connectivity index (χ1n) is 12.4. The number of carbonyl (C=O) groups excluding carboxylic acids is 1. The lowest BCUT2D eigenvalue weighted by atomic mass is 10.0. The van der Waals surface area contributed by atoms with Gasteiger partial charge >= 0.3 is 0 Å². The van der Waals surface area contributed by atoms with E-state index < -0.39 is 0 Å². The zero-order valence-electron chi connectivity index (χ0n) is 20.9. The van der Waals surface area contributed by atoms with E-state index >= 15 is 0 Å². The Kier molecular flexibility index (Phi) is 8.25. The van der Waals surface area contributed by atoms with Gasteiger partial charge < -0.3 is 14.6 Å². The van der Waals surface area contributed by atoms with Gasteiger partial charge in [0, 0.05) is 64.6 Å². The number of ketones is 1. The largest absolute Gasteiger partial charge is 0.384 e. The Bertz CT molecular complexity index is 1200. The second-order valence-electron chi connectivity index (χ2n) is 9.44. The Labute approximate surface area is 206 Å². The molecule has 0 spiro atoms. The molecule has 35 heavy (non-hydrogen) atoms. The van der Waals surface area contributed by atoms with Crippen LogP contribution in [0.4, 0.5) is 5.69 Å². The van der Waals surface area contributed by atoms with Gasteiger partial charge in [0.1, 0.15) is 5.69 Å². The van der Waals surface area contributed by atoms with Crippen LogP contribution in [0.1, 0.15) is 48.3 Å². The van der Waals surface area contributed by atoms with E-state index in [0.717, 1.165) is 67.0 Å². The molecule has 0 bridgehead atoms. The van der Waals surface area contributed by atoms with Crippen molar-refractivity contribution in [2.24, 2.45) is 5.92 Å². The van der Waals surface area contributed by atoms with Gasteiger partial charge in [-0.05, 0) is 48.6 Å². The molecule has 1 fully saturated rings. The first-order chi connectivity index (χ1) is 17.0. The fraction of sp³-hybridized carbons (Fsp3) is 0.481. The van der Waals surface area contributed by atoms with Crippen molar-refractivity contribution >= 4 is 22.5 Å². The summed E-state index contributed by atoms with van der Waals surface area (Å²) in [5, 5.41) is 0. The summed E-state index contributed by atoms with van der Waals surface area (Å²) in [6.07, 6.45) is 5.72. The van der Waals surface area contributed by atoms with E-state index in [2.05, 4.69) is 31.7 Å². The fourth-order valence-corrected chi connectivity index (χ4v) is 4.55. The minimum atomic E-state index is -0.0328. The van der Waals surface area contributed by atoms with Crippen LogP contribution in [-0.2, 0) is 17.7 Å². The molecule has 0 aromatic carbocycles. The van der Waals surface area contributed by atoms with E-state index in [1.165, 1.54) is 0 Å². The predicted octanol–water partition coefficient (Wildman–Crippen LogP) is 3.45. The number of rotatable bonds is 10. The minimum Gasteiger partial charge on any atom is -0.384 e. The van der Waals surface area contributed by atoms with Gasteiger partial charge in [-0.15, -0.1) is 0 Å². The summed E-state index contributed by atoms with van der Waals surface area (Å²) in [6.45, 7) is 9.14. The normalized spacial score (nSPS) is 15.5. The van der Waals surface area contributed by atoms with Crippen molar-refractivity contribution < 1.29 is 9.53 Å². The van der Waals surface area contributed by atoms with Crippen LogP contribution >= 0.6 is 0 Å². The number of ether oxygens (including phenoxy) is 1. The minimum absolute atomic E-state index is 0.0328. The Balaban J connectivity index is 1.30. The third-order valence-electron chi connectivity index (χ3n) is 6.70. The Morgan fingerprint density at radius 3 is 2.63 bits per heavy atom. The summed E-state index contributed by atoms with van der Waals surface area (Å²) in [7, 11) is 1.68. The van der Waals surface area contributed by atoms with Crippen molar-refractivity contribution in [1.29, 1.82) is 0 Å². The highest BCUT2D eigenvalue weighted by Gasteiger charge is 2.19. The number of anilines is 1. The van der Waals surface area contributed by atoms with Gasteiger partial charge in [0.25, 0.3) is 5.56 Å². The van der Waals surface area contributed by atoms with Gasteiger partial charge in [0.15, 0.2) is 5.78 Å². The van der Waals surface area contributed by atoms with E-state index in [4.69, 9.17) is 4.74 Å². The molecule has 4 heterocycles. The molecule has 3 aromatic heterocycles. The molecule has 186 valence electrons. The number of hydrogen-bond acceptors (Lipinski definition) is 7. The molecule has 0 radical (unpaired) electrons. The summed E-state index contributed by atoms with van der Waals surface area (Å²) < 4.78 is 5.14. The van der Waals surface area contributed by atoms with E-state index in [1.807, 2.05) is 43.6 Å². The van der Waals surface area contributed by atoms with Crippen molar-refractivity contribution in [3.8, 4) is 0 Å². The van der Waals surface area contributed by atoms with Crippen LogP contribution in [0.2, 0.25) is 0 Å². The van der Waals surface area contributed by atoms with Gasteiger partial charge in [0.2, 0.25) is 0 Å². The highest BCUT2D eigenvalue weighted by Crippen LogP contribution is 2.19. The molecule has 1 saturated heterocycles. The summed E-state index contributed by atoms with van der Waals surface area (Å²) in [4.78, 5) is 41.3. The number of H-pyrrole nitrogens is 1. The molecule has 1 atom stereocenters. The summed E-state index contributed by atoms with van der Waals surface area (Å²) >= 11 is 0. The molecular weight excluding hydrogens is 442 g/mol. The number of hydrogen-bond donors (Lipinski definition) is 1. The van der Waals surface area contributed by atoms with Crippen molar-refractivity contribution in [3.63, 3.8) is 0 Å². The number of nitrogens with one attached hydrogen (secondary N) is 1. The number of nitrogens with zero attached hydrogens (tertiary/aromatic N) is 4. The number of pyridine rings is 3. The van der Waals surface area contributed by atoms with E-state index in [9.17, 15) is 9.59 Å². The van der Waals surface area contributed by atoms with Crippen molar-refractivity contribution in [1.82, 2.24) is 19.9 Å². The number of aromatic nitrogens is 3. The number of Topliss-reactive ketones (excluding diaryl/α,β-unsaturated/α-hetero) is 1. The zero-order valence-corrected chi connectivity index (χ0v) is 20.9. The topological polar surface area (TPSA) is 91.4 Å². The van der Waals surface area contributed by atoms with Crippen molar-refractivity contribution in [2.75, 3.05) is 44.8 Å². The number of methoxy groups -OCH3 is 1. The molecule has 0 unspecified atom stereocenters. The highest BCUT2D eigenvalue weighted by atomic mass is 16.5. The Hall–Kier alpha value is -3.10. The fourth-order valence-electron chi connectivity index (χ4n) is 4.55. The van der Waals surface area contributed by atoms with Crippen LogP contribution in [0.15, 0.2) is 41.5 Å². The molecule has 8 heteroatoms. The number of carbonyl (C=O) groups is 1. The average molecular weight is 478 g/mol. The lowest BCUT2D eigenvalue weighted by molar-refractivity contribution is 0.0955. The van der Waals surface area contributed by atoms with Crippen LogP contribution in [0.25, 0.3) is 11.0 Å². The second-order valence-corrected chi connectivity index (χ2v) is 9.44. The first kappa shape index (κ1) is 25.0. The molecule has 0 saturated carbocycles. The van der Waals surface area contributed by atoms with Gasteiger partial charge in [-0.1, -0.05) is 13.8 Å². The Morgan fingerprint density at radius 1 is 1.14 bits per heavy atom. The van der Waals surface area contributed by atoms with Crippen molar-refractivity contribution in [3.05, 3.63) is 63.8 Å². The monoisotopic (exact) mass is 477 g/mol. The molecule has 0 amide bonds. The first-order valence-corrected chi connectivity index (χ1v) is 12.4. The molecular formula is C27H35N5O3. The maximum absolute atomic E-state index is 12.4. The lowest BCUT2D eigenvalue weighted by Crippen LogP contribution is -2.46. The van der Waals surface area contributed by atoms with Crippen LogP contribution in [-0.4, -0.2) is 65.5 Å². The quantitative estimate of drug-likeness (QED) is 0.447. The number of aromatic amines is 1. The molecule has 3 aromatic rings. The van der Waals surface area contributed by atoms with Crippen LogP contribution < -0.4 is 10.5 Å². The highest BCUT2D eigenvalue weighted by molar-refractivity contribution is 5.94. The summed E-state index contributed by atoms with van der Waals surface area (Å²) in [5.74, 6) is 0.446. The van der Waals surface area contributed by atoms with Gasteiger partial charge in [-0.2, -0.15) is 0 Å². The summed E-state index contributed by atoms with van der Waals surface area (Å²) in [6, 6.07) is 7.76. The molecule has 8 nitrogen and oxygen atoms in total. The predicted molar refractivity (Wildman–Crippen MR) is 138 cm³/mol.